The number of aromatic amines is 1. The number of hydrogen-bond acceptors (Lipinski definition) is 4. The monoisotopic (exact) mass is 329 g/mol. The summed E-state index contributed by atoms with van der Waals surface area (Å²) in [7, 11) is 1.53. The van der Waals surface area contributed by atoms with E-state index in [0.29, 0.717) is 17.0 Å². The van der Waals surface area contributed by atoms with E-state index < -0.39 is 17.2 Å². The van der Waals surface area contributed by atoms with Crippen LogP contribution in [0.25, 0.3) is 11.3 Å². The Bertz CT molecular complexity index is 941. The predicted octanol–water partition coefficient (Wildman–Crippen LogP) is 3.47. The van der Waals surface area contributed by atoms with Gasteiger partial charge in [-0.15, -0.1) is 0 Å². The van der Waals surface area contributed by atoms with E-state index in [1.54, 1.807) is 24.3 Å². The summed E-state index contributed by atoms with van der Waals surface area (Å²) in [5.74, 6) is -0.652. The van der Waals surface area contributed by atoms with E-state index in [1.807, 2.05) is 0 Å². The van der Waals surface area contributed by atoms with Gasteiger partial charge in [-0.2, -0.15) is 0 Å². The molecule has 0 spiro atoms. The Balaban J connectivity index is 2.00. The highest BCUT2D eigenvalue weighted by Crippen LogP contribution is 2.23. The number of hydrogen-bond donors (Lipinski definition) is 2. The summed E-state index contributed by atoms with van der Waals surface area (Å²) in [6.45, 7) is 0. The number of nitrogens with zero attached hydrogens (tertiary/aromatic N) is 1. The van der Waals surface area contributed by atoms with Crippen LogP contribution >= 0.6 is 0 Å². The van der Waals surface area contributed by atoms with E-state index in [0.717, 1.165) is 18.2 Å². The lowest BCUT2D eigenvalue weighted by atomic mass is 10.1. The third-order valence-electron chi connectivity index (χ3n) is 3.29. The number of ether oxygens (including phenoxy) is 1. The molecule has 0 atom stereocenters. The van der Waals surface area contributed by atoms with Gasteiger partial charge in [-0.3, -0.25) is 9.78 Å². The Morgan fingerprint density at radius 2 is 1.96 bits per heavy atom. The molecule has 0 aliphatic rings. The van der Waals surface area contributed by atoms with Crippen molar-refractivity contribution in [2.75, 3.05) is 12.4 Å². The van der Waals surface area contributed by atoms with Gasteiger partial charge in [-0.25, -0.2) is 13.8 Å². The molecule has 0 aliphatic heterocycles. The molecular formula is C17H13F2N3O2. The first kappa shape index (κ1) is 15.7. The molecule has 3 rings (SSSR count). The summed E-state index contributed by atoms with van der Waals surface area (Å²) < 4.78 is 32.1. The van der Waals surface area contributed by atoms with Gasteiger partial charge in [-0.1, -0.05) is 12.1 Å². The molecule has 0 saturated heterocycles. The molecule has 0 amide bonds. The number of rotatable bonds is 4. The first-order valence-corrected chi connectivity index (χ1v) is 7.03. The highest BCUT2D eigenvalue weighted by molar-refractivity contribution is 5.63. The summed E-state index contributed by atoms with van der Waals surface area (Å²) in [6.07, 6.45) is 0. The van der Waals surface area contributed by atoms with Gasteiger partial charge in [-0.05, 0) is 24.3 Å². The lowest BCUT2D eigenvalue weighted by Crippen LogP contribution is -2.11. The van der Waals surface area contributed by atoms with Gasteiger partial charge in [0, 0.05) is 17.7 Å². The van der Waals surface area contributed by atoms with E-state index in [1.165, 1.54) is 13.2 Å². The van der Waals surface area contributed by atoms with Crippen molar-refractivity contribution in [2.45, 2.75) is 0 Å². The quantitative estimate of drug-likeness (QED) is 0.769. The fourth-order valence-corrected chi connectivity index (χ4v) is 2.17. The maximum atomic E-state index is 13.7. The van der Waals surface area contributed by atoms with Crippen LogP contribution in [0.5, 0.6) is 5.75 Å². The van der Waals surface area contributed by atoms with Crippen LogP contribution in [-0.2, 0) is 0 Å². The van der Waals surface area contributed by atoms with Crippen molar-refractivity contribution in [1.29, 1.82) is 0 Å². The highest BCUT2D eigenvalue weighted by atomic mass is 19.1. The van der Waals surface area contributed by atoms with Crippen LogP contribution in [0.3, 0.4) is 0 Å². The van der Waals surface area contributed by atoms with Crippen LogP contribution in [0.15, 0.2) is 53.3 Å². The number of anilines is 2. The normalized spacial score (nSPS) is 10.5. The number of benzene rings is 2. The molecule has 3 aromatic rings. The van der Waals surface area contributed by atoms with E-state index in [9.17, 15) is 13.6 Å². The van der Waals surface area contributed by atoms with Crippen molar-refractivity contribution in [1.82, 2.24) is 9.97 Å². The van der Waals surface area contributed by atoms with Gasteiger partial charge in [0.25, 0.3) is 5.56 Å². The maximum Gasteiger partial charge on any atom is 0.252 e. The molecule has 0 aliphatic carbocycles. The molecule has 0 fully saturated rings. The first-order chi connectivity index (χ1) is 11.5. The molecule has 5 nitrogen and oxygen atoms in total. The second kappa shape index (κ2) is 6.49. The first-order valence-electron chi connectivity index (χ1n) is 7.03. The number of H-pyrrole nitrogens is 1. The zero-order valence-corrected chi connectivity index (χ0v) is 12.6. The average Bonchev–Trinajstić information content (AvgIpc) is 2.58. The second-order valence-electron chi connectivity index (χ2n) is 4.96. The van der Waals surface area contributed by atoms with E-state index in [2.05, 4.69) is 15.3 Å². The molecule has 7 heteroatoms. The van der Waals surface area contributed by atoms with Crippen LogP contribution in [0, 0.1) is 11.6 Å². The molecule has 0 bridgehead atoms. The zero-order chi connectivity index (χ0) is 17.1. The number of nitrogens with one attached hydrogen (secondary N) is 2. The molecule has 1 heterocycles. The largest absolute Gasteiger partial charge is 0.497 e. The Labute approximate surface area is 136 Å². The van der Waals surface area contributed by atoms with Crippen LogP contribution in [0.2, 0.25) is 0 Å². The Morgan fingerprint density at radius 1 is 1.12 bits per heavy atom. The molecular weight excluding hydrogens is 316 g/mol. The Morgan fingerprint density at radius 3 is 2.75 bits per heavy atom. The van der Waals surface area contributed by atoms with Gasteiger partial charge < -0.3 is 10.1 Å². The highest BCUT2D eigenvalue weighted by Gasteiger charge is 2.09. The lowest BCUT2D eigenvalue weighted by Gasteiger charge is -2.09. The Hall–Kier alpha value is -3.22. The number of methoxy groups -OCH3 is 1. The fraction of sp³-hybridized carbons (Fsp3) is 0.0588. The van der Waals surface area contributed by atoms with E-state index in [-0.39, 0.29) is 11.6 Å². The van der Waals surface area contributed by atoms with Crippen LogP contribution in [0.1, 0.15) is 0 Å². The van der Waals surface area contributed by atoms with Crippen molar-refractivity contribution in [3.8, 4) is 17.0 Å². The van der Waals surface area contributed by atoms with Gasteiger partial charge in [0.2, 0.25) is 5.95 Å². The SMILES string of the molecule is COc1cccc(-c2cc(=O)[nH]c(Nc3cc(F)ccc3F)n2)c1. The maximum absolute atomic E-state index is 13.7. The number of aromatic nitrogens is 2. The topological polar surface area (TPSA) is 67.0 Å². The summed E-state index contributed by atoms with van der Waals surface area (Å²) in [4.78, 5) is 18.5. The average molecular weight is 329 g/mol. The van der Waals surface area contributed by atoms with Crippen LogP contribution < -0.4 is 15.6 Å². The number of halogens is 2. The molecule has 122 valence electrons. The minimum absolute atomic E-state index is 0.00446. The standard InChI is InChI=1S/C17H13F2N3O2/c1-24-12-4-2-3-10(7-12)14-9-16(23)22-17(20-14)21-15-8-11(18)5-6-13(15)19/h2-9H,1H3,(H2,20,21,22,23). The van der Waals surface area contributed by atoms with Crippen LogP contribution in [0.4, 0.5) is 20.4 Å². The summed E-state index contributed by atoms with van der Waals surface area (Å²) in [6, 6.07) is 11.3. The van der Waals surface area contributed by atoms with Gasteiger partial charge in [0.1, 0.15) is 17.4 Å². The summed E-state index contributed by atoms with van der Waals surface area (Å²) in [5.41, 5.74) is 0.475. The summed E-state index contributed by atoms with van der Waals surface area (Å²) in [5, 5.41) is 2.58. The lowest BCUT2D eigenvalue weighted by molar-refractivity contribution is 0.415. The van der Waals surface area contributed by atoms with Gasteiger partial charge in [0.05, 0.1) is 18.5 Å². The van der Waals surface area contributed by atoms with Crippen LogP contribution in [-0.4, -0.2) is 17.1 Å². The van der Waals surface area contributed by atoms with Crippen molar-refractivity contribution >= 4 is 11.6 Å². The minimum Gasteiger partial charge on any atom is -0.497 e. The third-order valence-corrected chi connectivity index (χ3v) is 3.29. The van der Waals surface area contributed by atoms with E-state index in [4.69, 9.17) is 4.74 Å². The molecule has 2 aromatic carbocycles. The van der Waals surface area contributed by atoms with Crippen molar-refractivity contribution < 1.29 is 13.5 Å². The van der Waals surface area contributed by atoms with E-state index >= 15 is 0 Å². The molecule has 0 unspecified atom stereocenters. The molecule has 1 aromatic heterocycles. The predicted molar refractivity (Wildman–Crippen MR) is 86.5 cm³/mol. The minimum atomic E-state index is -0.661. The fourth-order valence-electron chi connectivity index (χ4n) is 2.17. The Kier molecular flexibility index (Phi) is 4.24. The molecule has 2 N–H and O–H groups in total. The van der Waals surface area contributed by atoms with Crippen molar-refractivity contribution in [2.24, 2.45) is 0 Å². The van der Waals surface area contributed by atoms with Gasteiger partial charge in [0.15, 0.2) is 0 Å². The van der Waals surface area contributed by atoms with Crippen molar-refractivity contribution in [3.05, 3.63) is 70.5 Å². The molecule has 0 saturated carbocycles. The summed E-state index contributed by atoms with van der Waals surface area (Å²) >= 11 is 0. The van der Waals surface area contributed by atoms with Crippen molar-refractivity contribution in [3.63, 3.8) is 0 Å². The smallest absolute Gasteiger partial charge is 0.252 e. The van der Waals surface area contributed by atoms with Gasteiger partial charge >= 0.3 is 0 Å². The molecule has 24 heavy (non-hydrogen) atoms. The second-order valence-corrected chi connectivity index (χ2v) is 4.96. The molecule has 0 radical (unpaired) electrons. The third kappa shape index (κ3) is 3.40. The zero-order valence-electron chi connectivity index (χ0n) is 12.6.